The van der Waals surface area contributed by atoms with E-state index in [1.54, 1.807) is 0 Å². The minimum Gasteiger partial charge on any atom is -0.374 e. The molecule has 0 saturated carbocycles. The van der Waals surface area contributed by atoms with Gasteiger partial charge in [0.2, 0.25) is 0 Å². The van der Waals surface area contributed by atoms with Crippen molar-refractivity contribution in [3.8, 4) is 0 Å². The van der Waals surface area contributed by atoms with Crippen LogP contribution in [0.2, 0.25) is 0 Å². The van der Waals surface area contributed by atoms with Crippen molar-refractivity contribution in [2.45, 2.75) is 90.0 Å². The Morgan fingerprint density at radius 3 is 1.72 bits per heavy atom. The lowest BCUT2D eigenvalue weighted by atomic mass is 9.96. The zero-order valence-electron chi connectivity index (χ0n) is 27.2. The highest BCUT2D eigenvalue weighted by Crippen LogP contribution is 2.52. The van der Waals surface area contributed by atoms with Gasteiger partial charge >= 0.3 is 7.82 Å². The largest absolute Gasteiger partial charge is 0.477 e. The average Bonchev–Trinajstić information content (AvgIpc) is 3.09. The molecule has 0 unspecified atom stereocenters. The van der Waals surface area contributed by atoms with Crippen LogP contribution in [0.1, 0.15) is 56.2 Å². The fourth-order valence-corrected chi connectivity index (χ4v) is 6.29. The van der Waals surface area contributed by atoms with Gasteiger partial charge in [0.05, 0.1) is 39.6 Å². The molecular formula is C35H46N3O8P. The van der Waals surface area contributed by atoms with Crippen molar-refractivity contribution in [3.63, 3.8) is 0 Å². The quantitative estimate of drug-likeness (QED) is 0.0363. The molecule has 0 aromatic heterocycles. The van der Waals surface area contributed by atoms with Crippen LogP contribution < -0.4 is 0 Å². The van der Waals surface area contributed by atoms with E-state index < -0.39 is 38.5 Å². The molecule has 0 amide bonds. The predicted molar refractivity (Wildman–Crippen MR) is 178 cm³/mol. The lowest BCUT2D eigenvalue weighted by molar-refractivity contribution is -0.269. The molecular weight excluding hydrogens is 621 g/mol. The van der Waals surface area contributed by atoms with Crippen LogP contribution in [-0.2, 0) is 56.9 Å². The van der Waals surface area contributed by atoms with Crippen LogP contribution in [0.15, 0.2) is 96.1 Å². The summed E-state index contributed by atoms with van der Waals surface area (Å²) in [6.45, 7) is 5.17. The molecule has 1 heterocycles. The maximum Gasteiger partial charge on any atom is 0.477 e. The zero-order chi connectivity index (χ0) is 33.2. The summed E-state index contributed by atoms with van der Waals surface area (Å²) in [6, 6.07) is 28.0. The van der Waals surface area contributed by atoms with E-state index in [0.717, 1.165) is 29.5 Å². The van der Waals surface area contributed by atoms with Gasteiger partial charge in [-0.2, -0.15) is 0 Å². The summed E-state index contributed by atoms with van der Waals surface area (Å²) in [5, 5.41) is 4.06. The summed E-state index contributed by atoms with van der Waals surface area (Å²) in [6.07, 6.45) is -0.779. The van der Waals surface area contributed by atoms with Crippen molar-refractivity contribution in [1.82, 2.24) is 0 Å². The van der Waals surface area contributed by atoms with Gasteiger partial charge in [-0.3, -0.25) is 13.6 Å². The second kappa shape index (κ2) is 20.3. The topological polar surface area (TPSA) is 130 Å². The van der Waals surface area contributed by atoms with Crippen molar-refractivity contribution < 1.29 is 37.1 Å². The van der Waals surface area contributed by atoms with Gasteiger partial charge in [-0.05, 0) is 35.1 Å². The van der Waals surface area contributed by atoms with E-state index in [-0.39, 0.29) is 33.0 Å². The van der Waals surface area contributed by atoms with Crippen LogP contribution in [0.25, 0.3) is 10.4 Å². The third-order valence-electron chi connectivity index (χ3n) is 7.49. The standard InChI is InChI=1S/C35H46N3O8P/c1-3-5-22-43-47(39,44-23-6-4-2)46-35-32(37-38-36)34(42-26-30-20-14-9-15-21-30)33(41-25-29-18-12-8-13-19-29)31(45-35)27-40-24-28-16-10-7-11-17-28/h7-21,31-35H,3-6,22-27H2,1-2H3/t31-,32-,33-,34-,35+/m1/s1. The minimum absolute atomic E-state index is 0.0834. The molecule has 0 aliphatic carbocycles. The van der Waals surface area contributed by atoms with Crippen molar-refractivity contribution in [1.29, 1.82) is 0 Å². The van der Waals surface area contributed by atoms with Crippen molar-refractivity contribution >= 4 is 7.82 Å². The van der Waals surface area contributed by atoms with Crippen LogP contribution in [0.5, 0.6) is 0 Å². The summed E-state index contributed by atoms with van der Waals surface area (Å²) >= 11 is 0. The van der Waals surface area contributed by atoms with Gasteiger partial charge < -0.3 is 18.9 Å². The Labute approximate surface area is 277 Å². The first-order valence-corrected chi connectivity index (χ1v) is 17.7. The van der Waals surface area contributed by atoms with E-state index in [0.29, 0.717) is 19.4 Å². The average molecular weight is 668 g/mol. The molecule has 254 valence electrons. The molecule has 1 aliphatic heterocycles. The van der Waals surface area contributed by atoms with E-state index in [4.69, 9.17) is 32.5 Å². The van der Waals surface area contributed by atoms with Gasteiger partial charge in [0.15, 0.2) is 6.29 Å². The summed E-state index contributed by atoms with van der Waals surface area (Å²) in [5.41, 5.74) is 12.5. The number of phosphoric ester groups is 1. The molecule has 1 saturated heterocycles. The molecule has 47 heavy (non-hydrogen) atoms. The smallest absolute Gasteiger partial charge is 0.374 e. The van der Waals surface area contributed by atoms with Gasteiger partial charge in [-0.25, -0.2) is 4.57 Å². The summed E-state index contributed by atoms with van der Waals surface area (Å²) < 4.78 is 57.0. The molecule has 0 N–H and O–H groups in total. The van der Waals surface area contributed by atoms with E-state index in [9.17, 15) is 10.1 Å². The number of hydrogen-bond donors (Lipinski definition) is 0. The first-order valence-electron chi connectivity index (χ1n) is 16.2. The van der Waals surface area contributed by atoms with Crippen LogP contribution >= 0.6 is 7.82 Å². The van der Waals surface area contributed by atoms with E-state index in [1.165, 1.54) is 0 Å². The second-order valence-electron chi connectivity index (χ2n) is 11.2. The van der Waals surface area contributed by atoms with E-state index in [2.05, 4.69) is 10.0 Å². The summed E-state index contributed by atoms with van der Waals surface area (Å²) in [5.74, 6) is 0. The van der Waals surface area contributed by atoms with Gasteiger partial charge in [-0.15, -0.1) is 0 Å². The van der Waals surface area contributed by atoms with Crippen LogP contribution in [-0.4, -0.2) is 50.5 Å². The second-order valence-corrected chi connectivity index (χ2v) is 12.8. The molecule has 0 spiro atoms. The molecule has 3 aromatic rings. The Kier molecular flexibility index (Phi) is 15.9. The highest BCUT2D eigenvalue weighted by atomic mass is 31.2. The van der Waals surface area contributed by atoms with Gasteiger partial charge in [0, 0.05) is 4.91 Å². The van der Waals surface area contributed by atoms with Crippen LogP contribution in [0.4, 0.5) is 0 Å². The molecule has 5 atom stereocenters. The van der Waals surface area contributed by atoms with Crippen molar-refractivity contribution in [3.05, 3.63) is 118 Å². The van der Waals surface area contributed by atoms with Gasteiger partial charge in [0.1, 0.15) is 24.4 Å². The Hall–Kier alpha value is -3.08. The van der Waals surface area contributed by atoms with Crippen LogP contribution in [0, 0.1) is 0 Å². The van der Waals surface area contributed by atoms with Crippen molar-refractivity contribution in [2.24, 2.45) is 5.11 Å². The molecule has 11 nitrogen and oxygen atoms in total. The van der Waals surface area contributed by atoms with Crippen molar-refractivity contribution in [2.75, 3.05) is 19.8 Å². The lowest BCUT2D eigenvalue weighted by Crippen LogP contribution is -2.60. The molecule has 0 bridgehead atoms. The van der Waals surface area contributed by atoms with E-state index >= 15 is 0 Å². The molecule has 4 rings (SSSR count). The number of rotatable bonds is 21. The lowest BCUT2D eigenvalue weighted by Gasteiger charge is -2.44. The van der Waals surface area contributed by atoms with Gasteiger partial charge in [-0.1, -0.05) is 123 Å². The Balaban J connectivity index is 1.65. The third-order valence-corrected chi connectivity index (χ3v) is 8.95. The molecule has 12 heteroatoms. The van der Waals surface area contributed by atoms with E-state index in [1.807, 2.05) is 105 Å². The first-order chi connectivity index (χ1) is 23.0. The monoisotopic (exact) mass is 667 g/mol. The Morgan fingerprint density at radius 1 is 0.745 bits per heavy atom. The highest BCUT2D eigenvalue weighted by Gasteiger charge is 2.50. The zero-order valence-corrected chi connectivity index (χ0v) is 28.1. The number of unbranched alkanes of at least 4 members (excludes halogenated alkanes) is 2. The highest BCUT2D eigenvalue weighted by molar-refractivity contribution is 7.48. The SMILES string of the molecule is CCCCOP(=O)(OCCCC)O[C@@H]1O[C@H](COCc2ccccc2)[C@@H](OCc2ccccc2)[C@H](OCc2ccccc2)[C@H]1N=[N+]=[N-]. The summed E-state index contributed by atoms with van der Waals surface area (Å²) in [4.78, 5) is 3.10. The van der Waals surface area contributed by atoms with Gasteiger partial charge in [0.25, 0.3) is 0 Å². The minimum atomic E-state index is -4.14. The fraction of sp³-hybridized carbons (Fsp3) is 0.486. The number of hydrogen-bond acceptors (Lipinski definition) is 9. The third kappa shape index (κ3) is 12.1. The Bertz CT molecular complexity index is 1370. The van der Waals surface area contributed by atoms with Crippen LogP contribution in [0.3, 0.4) is 0 Å². The number of nitrogens with zero attached hydrogens (tertiary/aromatic N) is 3. The molecule has 0 radical (unpaired) electrons. The maximum atomic E-state index is 14.0. The number of ether oxygens (including phenoxy) is 4. The summed E-state index contributed by atoms with van der Waals surface area (Å²) in [7, 11) is -4.14. The number of benzene rings is 3. The molecule has 1 fully saturated rings. The molecule has 1 aliphatic rings. The Morgan fingerprint density at radius 2 is 1.23 bits per heavy atom. The predicted octanol–water partition coefficient (Wildman–Crippen LogP) is 8.54. The first kappa shape index (κ1) is 36.8. The normalized spacial score (nSPS) is 21.3. The number of azide groups is 1. The number of phosphoric acid groups is 1. The maximum absolute atomic E-state index is 14.0. The molecule has 3 aromatic carbocycles. The fourth-order valence-electron chi connectivity index (χ4n) is 4.95.